The van der Waals surface area contributed by atoms with Gasteiger partial charge < -0.3 is 10.6 Å². The van der Waals surface area contributed by atoms with Crippen LogP contribution in [-0.2, 0) is 6.42 Å². The fourth-order valence-electron chi connectivity index (χ4n) is 2.22. The van der Waals surface area contributed by atoms with Crippen molar-refractivity contribution in [3.63, 3.8) is 0 Å². The summed E-state index contributed by atoms with van der Waals surface area (Å²) in [6, 6.07) is 8.94. The Morgan fingerprint density at radius 1 is 1.17 bits per heavy atom. The molecule has 0 aliphatic rings. The van der Waals surface area contributed by atoms with Crippen LogP contribution in [0.1, 0.15) is 32.8 Å². The van der Waals surface area contributed by atoms with Gasteiger partial charge >= 0.3 is 0 Å². The fraction of sp³-hybridized carbons (Fsp3) is 0.625. The van der Waals surface area contributed by atoms with Crippen molar-refractivity contribution in [2.45, 2.75) is 33.6 Å². The number of rotatable bonds is 7. The SMILES string of the molecule is CCC(CN)CN(C)c1ccc(CC(C)C)cc1. The maximum absolute atomic E-state index is 5.76. The lowest BCUT2D eigenvalue weighted by atomic mass is 10.0. The van der Waals surface area contributed by atoms with Crippen molar-refractivity contribution < 1.29 is 0 Å². The Bertz CT molecular complexity index is 325. The number of benzene rings is 1. The first-order valence-electron chi connectivity index (χ1n) is 7.07. The summed E-state index contributed by atoms with van der Waals surface area (Å²) >= 11 is 0. The number of nitrogens with two attached hydrogens (primary N) is 1. The highest BCUT2D eigenvalue weighted by Crippen LogP contribution is 2.17. The summed E-state index contributed by atoms with van der Waals surface area (Å²) in [4.78, 5) is 2.31. The molecule has 0 fully saturated rings. The Morgan fingerprint density at radius 2 is 1.78 bits per heavy atom. The number of hydrogen-bond acceptors (Lipinski definition) is 2. The van der Waals surface area contributed by atoms with Gasteiger partial charge in [-0.1, -0.05) is 39.3 Å². The molecular weight excluding hydrogens is 220 g/mol. The van der Waals surface area contributed by atoms with Crippen LogP contribution < -0.4 is 10.6 Å². The summed E-state index contributed by atoms with van der Waals surface area (Å²) in [6.45, 7) is 8.53. The highest BCUT2D eigenvalue weighted by Gasteiger charge is 2.08. The van der Waals surface area contributed by atoms with E-state index < -0.39 is 0 Å². The quantitative estimate of drug-likeness (QED) is 0.802. The molecule has 102 valence electrons. The van der Waals surface area contributed by atoms with E-state index in [1.165, 1.54) is 11.3 Å². The van der Waals surface area contributed by atoms with E-state index in [9.17, 15) is 0 Å². The smallest absolute Gasteiger partial charge is 0.0363 e. The predicted octanol–water partition coefficient (Wildman–Crippen LogP) is 3.31. The van der Waals surface area contributed by atoms with Gasteiger partial charge in [0.2, 0.25) is 0 Å². The molecule has 1 aromatic carbocycles. The van der Waals surface area contributed by atoms with Gasteiger partial charge in [-0.25, -0.2) is 0 Å². The minimum absolute atomic E-state index is 0.588. The Morgan fingerprint density at radius 3 is 2.22 bits per heavy atom. The summed E-state index contributed by atoms with van der Waals surface area (Å²) in [5.74, 6) is 1.31. The maximum atomic E-state index is 5.76. The van der Waals surface area contributed by atoms with Crippen LogP contribution >= 0.6 is 0 Å². The monoisotopic (exact) mass is 248 g/mol. The van der Waals surface area contributed by atoms with Gasteiger partial charge in [-0.15, -0.1) is 0 Å². The van der Waals surface area contributed by atoms with Crippen LogP contribution in [0.15, 0.2) is 24.3 Å². The van der Waals surface area contributed by atoms with E-state index in [-0.39, 0.29) is 0 Å². The van der Waals surface area contributed by atoms with Crippen LogP contribution in [-0.4, -0.2) is 20.1 Å². The zero-order valence-corrected chi connectivity index (χ0v) is 12.3. The summed E-state index contributed by atoms with van der Waals surface area (Å²) in [5.41, 5.74) is 8.47. The summed E-state index contributed by atoms with van der Waals surface area (Å²) < 4.78 is 0. The molecule has 0 heterocycles. The number of hydrogen-bond donors (Lipinski definition) is 1. The first-order chi connectivity index (χ1) is 8.56. The first-order valence-corrected chi connectivity index (χ1v) is 7.07. The molecule has 0 aliphatic heterocycles. The standard InChI is InChI=1S/C16H28N2/c1-5-14(11-17)12-18(4)16-8-6-15(7-9-16)10-13(2)3/h6-9,13-14H,5,10-12,17H2,1-4H3. The van der Waals surface area contributed by atoms with Crippen molar-refractivity contribution in [2.75, 3.05) is 25.0 Å². The van der Waals surface area contributed by atoms with E-state index in [0.717, 1.165) is 31.8 Å². The van der Waals surface area contributed by atoms with Gasteiger partial charge in [0.15, 0.2) is 0 Å². The Kier molecular flexibility index (Phi) is 6.20. The minimum atomic E-state index is 0.588. The van der Waals surface area contributed by atoms with Gasteiger partial charge in [0.25, 0.3) is 0 Å². The van der Waals surface area contributed by atoms with E-state index in [4.69, 9.17) is 5.73 Å². The van der Waals surface area contributed by atoms with Crippen LogP contribution in [0.4, 0.5) is 5.69 Å². The molecule has 0 aromatic heterocycles. The van der Waals surface area contributed by atoms with Gasteiger partial charge in [-0.05, 0) is 42.5 Å². The van der Waals surface area contributed by atoms with Crippen LogP contribution in [0.3, 0.4) is 0 Å². The molecule has 0 aliphatic carbocycles. The van der Waals surface area contributed by atoms with Gasteiger partial charge in [0.05, 0.1) is 0 Å². The largest absolute Gasteiger partial charge is 0.374 e. The molecule has 2 heteroatoms. The second-order valence-corrected chi connectivity index (χ2v) is 5.65. The van der Waals surface area contributed by atoms with Crippen molar-refractivity contribution in [3.05, 3.63) is 29.8 Å². The third-order valence-electron chi connectivity index (χ3n) is 3.46. The molecule has 2 nitrogen and oxygen atoms in total. The van der Waals surface area contributed by atoms with Crippen molar-refractivity contribution in [1.82, 2.24) is 0 Å². The van der Waals surface area contributed by atoms with Crippen molar-refractivity contribution >= 4 is 5.69 Å². The van der Waals surface area contributed by atoms with Crippen LogP contribution in [0.2, 0.25) is 0 Å². The molecule has 0 saturated carbocycles. The highest BCUT2D eigenvalue weighted by molar-refractivity contribution is 5.47. The molecule has 1 atom stereocenters. The molecule has 2 N–H and O–H groups in total. The lowest BCUT2D eigenvalue weighted by Crippen LogP contribution is -2.29. The lowest BCUT2D eigenvalue weighted by molar-refractivity contribution is 0.521. The highest BCUT2D eigenvalue weighted by atomic mass is 15.1. The zero-order chi connectivity index (χ0) is 13.5. The topological polar surface area (TPSA) is 29.3 Å². The van der Waals surface area contributed by atoms with Crippen molar-refractivity contribution in [2.24, 2.45) is 17.6 Å². The molecule has 0 radical (unpaired) electrons. The summed E-state index contributed by atoms with van der Waals surface area (Å²) in [7, 11) is 2.15. The fourth-order valence-corrected chi connectivity index (χ4v) is 2.22. The van der Waals surface area contributed by atoms with Crippen LogP contribution in [0, 0.1) is 11.8 Å². The third-order valence-corrected chi connectivity index (χ3v) is 3.46. The Labute approximate surface area is 112 Å². The molecule has 18 heavy (non-hydrogen) atoms. The summed E-state index contributed by atoms with van der Waals surface area (Å²) in [6.07, 6.45) is 2.30. The van der Waals surface area contributed by atoms with Crippen molar-refractivity contribution in [1.29, 1.82) is 0 Å². The van der Waals surface area contributed by atoms with E-state index in [2.05, 4.69) is 57.0 Å². The molecule has 0 spiro atoms. The molecule has 0 amide bonds. The zero-order valence-electron chi connectivity index (χ0n) is 12.3. The lowest BCUT2D eigenvalue weighted by Gasteiger charge is -2.24. The number of anilines is 1. The van der Waals surface area contributed by atoms with E-state index in [0.29, 0.717) is 5.92 Å². The van der Waals surface area contributed by atoms with Crippen molar-refractivity contribution in [3.8, 4) is 0 Å². The molecule has 1 unspecified atom stereocenters. The van der Waals surface area contributed by atoms with E-state index in [1.807, 2.05) is 0 Å². The van der Waals surface area contributed by atoms with E-state index >= 15 is 0 Å². The van der Waals surface area contributed by atoms with Gasteiger partial charge in [-0.3, -0.25) is 0 Å². The molecule has 0 saturated heterocycles. The third kappa shape index (κ3) is 4.69. The minimum Gasteiger partial charge on any atom is -0.374 e. The Hall–Kier alpha value is -1.02. The molecular formula is C16H28N2. The van der Waals surface area contributed by atoms with Crippen LogP contribution in [0.25, 0.3) is 0 Å². The predicted molar refractivity (Wildman–Crippen MR) is 81.1 cm³/mol. The summed E-state index contributed by atoms with van der Waals surface area (Å²) in [5, 5.41) is 0. The van der Waals surface area contributed by atoms with E-state index in [1.54, 1.807) is 0 Å². The second kappa shape index (κ2) is 7.42. The van der Waals surface area contributed by atoms with Gasteiger partial charge in [-0.2, -0.15) is 0 Å². The first kappa shape index (κ1) is 15.0. The van der Waals surface area contributed by atoms with Gasteiger partial charge in [0.1, 0.15) is 0 Å². The molecule has 1 aromatic rings. The Balaban J connectivity index is 2.61. The normalized spacial score (nSPS) is 12.8. The molecule has 0 bridgehead atoms. The van der Waals surface area contributed by atoms with Gasteiger partial charge in [0, 0.05) is 19.3 Å². The maximum Gasteiger partial charge on any atom is 0.0363 e. The second-order valence-electron chi connectivity index (χ2n) is 5.65. The number of nitrogens with zero attached hydrogens (tertiary/aromatic N) is 1. The average Bonchev–Trinajstić information content (AvgIpc) is 2.35. The van der Waals surface area contributed by atoms with Crippen LogP contribution in [0.5, 0.6) is 0 Å². The molecule has 1 rings (SSSR count). The average molecular weight is 248 g/mol.